The van der Waals surface area contributed by atoms with E-state index < -0.39 is 23.5 Å². The van der Waals surface area contributed by atoms with Crippen molar-refractivity contribution < 1.29 is 22.8 Å². The van der Waals surface area contributed by atoms with Gasteiger partial charge in [-0.05, 0) is 37.0 Å². The van der Waals surface area contributed by atoms with E-state index in [1.165, 1.54) is 6.07 Å². The van der Waals surface area contributed by atoms with Crippen LogP contribution in [0.25, 0.3) is 0 Å². The molecule has 0 atom stereocenters. The highest BCUT2D eigenvalue weighted by molar-refractivity contribution is 6.33. The van der Waals surface area contributed by atoms with Gasteiger partial charge in [-0.2, -0.15) is 13.2 Å². The molecule has 3 rings (SSSR count). The van der Waals surface area contributed by atoms with E-state index in [2.05, 4.69) is 4.90 Å². The number of carbonyl (C=O) groups is 2. The molecule has 0 aromatic heterocycles. The summed E-state index contributed by atoms with van der Waals surface area (Å²) >= 11 is 5.85. The van der Waals surface area contributed by atoms with Gasteiger partial charge in [0.05, 0.1) is 16.3 Å². The monoisotopic (exact) mass is 461 g/mol. The molecule has 2 aliphatic rings. The van der Waals surface area contributed by atoms with Crippen LogP contribution >= 0.6 is 11.6 Å². The molecule has 0 spiro atoms. The molecule has 31 heavy (non-hydrogen) atoms. The Morgan fingerprint density at radius 3 is 2.19 bits per heavy atom. The molecular weight excluding hydrogens is 435 g/mol. The summed E-state index contributed by atoms with van der Waals surface area (Å²) in [6.07, 6.45) is -2.67. The van der Waals surface area contributed by atoms with Gasteiger partial charge in [-0.15, -0.1) is 0 Å². The van der Waals surface area contributed by atoms with Crippen molar-refractivity contribution in [2.75, 3.05) is 45.0 Å². The second-order valence-corrected chi connectivity index (χ2v) is 8.42. The molecule has 0 aliphatic carbocycles. The second-order valence-electron chi connectivity index (χ2n) is 8.01. The van der Waals surface area contributed by atoms with Gasteiger partial charge in [-0.3, -0.25) is 9.69 Å². The summed E-state index contributed by atoms with van der Waals surface area (Å²) in [4.78, 5) is 29.5. The van der Waals surface area contributed by atoms with Crippen molar-refractivity contribution in [3.63, 3.8) is 0 Å². The summed E-state index contributed by atoms with van der Waals surface area (Å²) in [6.45, 7) is 3.96. The molecule has 4 N–H and O–H groups in total. The molecule has 2 heterocycles. The van der Waals surface area contributed by atoms with E-state index in [0.717, 1.165) is 32.0 Å². The third-order valence-electron chi connectivity index (χ3n) is 6.08. The Hall–Kier alpha value is -2.20. The van der Waals surface area contributed by atoms with Crippen LogP contribution in [0.5, 0.6) is 0 Å². The minimum Gasteiger partial charge on any atom is -0.397 e. The van der Waals surface area contributed by atoms with Crippen molar-refractivity contribution in [3.05, 3.63) is 28.3 Å². The van der Waals surface area contributed by atoms with E-state index in [-0.39, 0.29) is 23.8 Å². The van der Waals surface area contributed by atoms with Gasteiger partial charge in [0.1, 0.15) is 0 Å². The van der Waals surface area contributed by atoms with Crippen LogP contribution in [0.4, 0.5) is 23.7 Å². The van der Waals surface area contributed by atoms with E-state index in [0.29, 0.717) is 37.8 Å². The summed E-state index contributed by atoms with van der Waals surface area (Å²) in [6, 6.07) is 2.30. The Kier molecular flexibility index (Phi) is 7.20. The Labute approximate surface area is 184 Å². The summed E-state index contributed by atoms with van der Waals surface area (Å²) in [7, 11) is 0. The van der Waals surface area contributed by atoms with E-state index >= 15 is 0 Å². The highest BCUT2D eigenvalue weighted by Gasteiger charge is 2.34. The number of likely N-dealkylation sites (tertiary alicyclic amines) is 1. The van der Waals surface area contributed by atoms with Crippen LogP contribution < -0.4 is 11.5 Å². The van der Waals surface area contributed by atoms with Gasteiger partial charge in [-0.25, -0.2) is 4.79 Å². The lowest BCUT2D eigenvalue weighted by Gasteiger charge is -2.42. The van der Waals surface area contributed by atoms with Crippen LogP contribution in [-0.2, 0) is 17.4 Å². The fourth-order valence-electron chi connectivity index (χ4n) is 4.25. The summed E-state index contributed by atoms with van der Waals surface area (Å²) in [5.41, 5.74) is 9.63. The number of alkyl halides is 3. The van der Waals surface area contributed by atoms with Gasteiger partial charge in [0.25, 0.3) is 0 Å². The zero-order valence-corrected chi connectivity index (χ0v) is 17.9. The number of nitrogen functional groups attached to an aromatic ring is 1. The molecule has 7 nitrogen and oxygen atoms in total. The van der Waals surface area contributed by atoms with Crippen molar-refractivity contribution in [3.8, 4) is 0 Å². The van der Waals surface area contributed by atoms with Gasteiger partial charge in [-0.1, -0.05) is 11.6 Å². The minimum atomic E-state index is -4.60. The maximum atomic E-state index is 13.1. The van der Waals surface area contributed by atoms with Gasteiger partial charge < -0.3 is 21.3 Å². The third kappa shape index (κ3) is 5.74. The van der Waals surface area contributed by atoms with Crippen molar-refractivity contribution in [2.24, 2.45) is 5.73 Å². The Bertz CT molecular complexity index is 820. The lowest BCUT2D eigenvalue weighted by molar-refractivity contribution is -0.137. The van der Waals surface area contributed by atoms with Crippen LogP contribution in [0.15, 0.2) is 12.1 Å². The molecule has 3 amide bonds. The first kappa shape index (κ1) is 23.5. The van der Waals surface area contributed by atoms with E-state index in [9.17, 15) is 22.8 Å². The number of urea groups is 1. The summed E-state index contributed by atoms with van der Waals surface area (Å²) in [5, 5.41) is -0.158. The molecule has 2 aliphatic heterocycles. The zero-order chi connectivity index (χ0) is 22.8. The highest BCUT2D eigenvalue weighted by Crippen LogP contribution is 2.38. The average Bonchev–Trinajstić information content (AvgIpc) is 2.73. The molecular formula is C20H27ClF3N5O2. The van der Waals surface area contributed by atoms with Gasteiger partial charge in [0.2, 0.25) is 5.91 Å². The number of amides is 3. The fourth-order valence-corrected chi connectivity index (χ4v) is 4.49. The topological polar surface area (TPSA) is 95.9 Å². The highest BCUT2D eigenvalue weighted by atomic mass is 35.5. The van der Waals surface area contributed by atoms with E-state index in [1.54, 1.807) is 9.80 Å². The lowest BCUT2D eigenvalue weighted by atomic mass is 10.0. The SMILES string of the molecule is NC(=O)N1CCN(C2CCN(C(=O)CCc3cc(Cl)c(N)c(C(F)(F)F)c3)CC2)CC1. The Balaban J connectivity index is 1.49. The first-order valence-electron chi connectivity index (χ1n) is 10.3. The summed E-state index contributed by atoms with van der Waals surface area (Å²) < 4.78 is 39.3. The molecule has 172 valence electrons. The van der Waals surface area contributed by atoms with Crippen molar-refractivity contribution in [1.82, 2.24) is 14.7 Å². The van der Waals surface area contributed by atoms with Crippen LogP contribution in [0.2, 0.25) is 5.02 Å². The number of hydrogen-bond acceptors (Lipinski definition) is 4. The molecule has 0 radical (unpaired) electrons. The Morgan fingerprint density at radius 1 is 1.03 bits per heavy atom. The standard InChI is InChI=1S/C20H27ClF3N5O2/c21-16-12-13(11-15(18(16)25)20(22,23)24)1-2-17(30)28-5-3-14(4-6-28)27-7-9-29(10-8-27)19(26)31/h11-12,14H,1-10,25H2,(H2,26,31). The number of aryl methyl sites for hydroxylation is 1. The van der Waals surface area contributed by atoms with Crippen LogP contribution in [0.3, 0.4) is 0 Å². The minimum absolute atomic E-state index is 0.0847. The first-order valence-corrected chi connectivity index (χ1v) is 10.7. The number of anilines is 1. The number of hydrogen-bond donors (Lipinski definition) is 2. The number of halogens is 4. The smallest absolute Gasteiger partial charge is 0.397 e. The molecule has 2 fully saturated rings. The van der Waals surface area contributed by atoms with Gasteiger partial charge >= 0.3 is 12.2 Å². The van der Waals surface area contributed by atoms with Crippen LogP contribution in [0, 0.1) is 0 Å². The number of rotatable bonds is 4. The molecule has 1 aromatic carbocycles. The maximum absolute atomic E-state index is 13.1. The normalized spacial score (nSPS) is 19.0. The largest absolute Gasteiger partial charge is 0.418 e. The molecule has 1 aromatic rings. The van der Waals surface area contributed by atoms with Crippen LogP contribution in [0.1, 0.15) is 30.4 Å². The van der Waals surface area contributed by atoms with E-state index in [1.807, 2.05) is 0 Å². The first-order chi connectivity index (χ1) is 14.6. The van der Waals surface area contributed by atoms with Gasteiger partial charge in [0, 0.05) is 51.7 Å². The molecule has 0 bridgehead atoms. The maximum Gasteiger partial charge on any atom is 0.418 e. The number of primary amides is 1. The molecule has 11 heteroatoms. The molecule has 2 saturated heterocycles. The van der Waals surface area contributed by atoms with Crippen molar-refractivity contribution in [2.45, 2.75) is 37.9 Å². The van der Waals surface area contributed by atoms with Crippen molar-refractivity contribution >= 4 is 29.2 Å². The zero-order valence-electron chi connectivity index (χ0n) is 17.1. The predicted molar refractivity (Wildman–Crippen MR) is 112 cm³/mol. The average molecular weight is 462 g/mol. The van der Waals surface area contributed by atoms with E-state index in [4.69, 9.17) is 23.1 Å². The summed E-state index contributed by atoms with van der Waals surface area (Å²) in [5.74, 6) is -0.0847. The lowest BCUT2D eigenvalue weighted by Crippen LogP contribution is -2.55. The number of benzene rings is 1. The predicted octanol–water partition coefficient (Wildman–Crippen LogP) is 2.56. The Morgan fingerprint density at radius 2 is 1.65 bits per heavy atom. The fraction of sp³-hybridized carbons (Fsp3) is 0.600. The third-order valence-corrected chi connectivity index (χ3v) is 6.39. The molecule has 0 saturated carbocycles. The number of piperazine rings is 1. The quantitative estimate of drug-likeness (QED) is 0.673. The number of carbonyl (C=O) groups excluding carboxylic acids is 2. The van der Waals surface area contributed by atoms with Crippen LogP contribution in [-0.4, -0.2) is 71.9 Å². The second kappa shape index (κ2) is 9.52. The van der Waals surface area contributed by atoms with Crippen molar-refractivity contribution in [1.29, 1.82) is 0 Å². The number of piperidine rings is 1. The number of nitrogens with two attached hydrogens (primary N) is 2. The molecule has 0 unspecified atom stereocenters. The van der Waals surface area contributed by atoms with Gasteiger partial charge in [0.15, 0.2) is 0 Å². The number of nitrogens with zero attached hydrogens (tertiary/aromatic N) is 3.